The highest BCUT2D eigenvalue weighted by Gasteiger charge is 2.39. The van der Waals surface area contributed by atoms with E-state index in [1.165, 1.54) is 0 Å². The van der Waals surface area contributed by atoms with Gasteiger partial charge in [0.1, 0.15) is 18.1 Å². The standard InChI is InChI=1S/C37H41Cl2N5O7/c1-37(2)22-50-12-9-43(37)36(46)34-30-21-51-32-20-31(47-3)28(19-29(32)35(30)44(42-34)27-17-24(38)16-25(39)18-27)23-5-4-6-26(15-23)41-33(45)7-10-48-13-14-49-11-8-40/h4-6,15-20H,7-14,21-22,40H2,1-3H3,(H,41,45). The first-order chi connectivity index (χ1) is 24.6. The van der Waals surface area contributed by atoms with Gasteiger partial charge in [-0.05, 0) is 55.8 Å². The maximum absolute atomic E-state index is 14.2. The second kappa shape index (κ2) is 16.0. The van der Waals surface area contributed by atoms with Crippen LogP contribution in [-0.2, 0) is 25.6 Å². The molecule has 6 rings (SSSR count). The molecule has 0 bridgehead atoms. The van der Waals surface area contributed by atoms with E-state index < -0.39 is 5.54 Å². The fraction of sp³-hybridized carbons (Fsp3) is 0.378. The van der Waals surface area contributed by atoms with Crippen LogP contribution in [-0.4, -0.2) is 91.9 Å². The van der Waals surface area contributed by atoms with Gasteiger partial charge in [0.05, 0.1) is 70.1 Å². The summed E-state index contributed by atoms with van der Waals surface area (Å²) in [5, 5.41) is 8.71. The van der Waals surface area contributed by atoms with Crippen LogP contribution in [0.4, 0.5) is 5.69 Å². The van der Waals surface area contributed by atoms with Crippen molar-refractivity contribution in [1.29, 1.82) is 0 Å². The number of hydrogen-bond donors (Lipinski definition) is 2. The molecule has 0 saturated carbocycles. The van der Waals surface area contributed by atoms with Gasteiger partial charge in [-0.2, -0.15) is 5.10 Å². The van der Waals surface area contributed by atoms with Crippen molar-refractivity contribution in [3.8, 4) is 39.6 Å². The quantitative estimate of drug-likeness (QED) is 0.159. The van der Waals surface area contributed by atoms with Crippen LogP contribution in [0.15, 0.2) is 54.6 Å². The first-order valence-electron chi connectivity index (χ1n) is 16.7. The maximum Gasteiger partial charge on any atom is 0.275 e. The summed E-state index contributed by atoms with van der Waals surface area (Å²) in [5.74, 6) is 0.714. The zero-order chi connectivity index (χ0) is 36.1. The Bertz CT molecular complexity index is 1890. The fourth-order valence-electron chi connectivity index (χ4n) is 6.21. The average Bonchev–Trinajstić information content (AvgIpc) is 3.50. The molecule has 3 heterocycles. The first-order valence-corrected chi connectivity index (χ1v) is 17.4. The lowest BCUT2D eigenvalue weighted by molar-refractivity contribution is -0.117. The summed E-state index contributed by atoms with van der Waals surface area (Å²) in [7, 11) is 1.59. The minimum absolute atomic E-state index is 0.108. The van der Waals surface area contributed by atoms with Crippen LogP contribution in [0.25, 0.3) is 28.1 Å². The summed E-state index contributed by atoms with van der Waals surface area (Å²) in [5.41, 5.74) is 9.88. The summed E-state index contributed by atoms with van der Waals surface area (Å²) >= 11 is 12.9. The number of ether oxygens (including phenoxy) is 5. The smallest absolute Gasteiger partial charge is 0.275 e. The van der Waals surface area contributed by atoms with Crippen LogP contribution in [0.5, 0.6) is 11.5 Å². The van der Waals surface area contributed by atoms with Crippen molar-refractivity contribution in [3.05, 3.63) is 75.9 Å². The number of amides is 2. The Morgan fingerprint density at radius 1 is 1.00 bits per heavy atom. The van der Waals surface area contributed by atoms with Crippen LogP contribution < -0.4 is 20.5 Å². The third-order valence-corrected chi connectivity index (χ3v) is 9.10. The number of nitrogens with zero attached hydrogens (tertiary/aromatic N) is 3. The monoisotopic (exact) mass is 737 g/mol. The topological polar surface area (TPSA) is 139 Å². The lowest BCUT2D eigenvalue weighted by Crippen LogP contribution is -2.55. The lowest BCUT2D eigenvalue weighted by atomic mass is 9.95. The van der Waals surface area contributed by atoms with Gasteiger partial charge in [-0.1, -0.05) is 35.3 Å². The van der Waals surface area contributed by atoms with E-state index in [2.05, 4.69) is 5.32 Å². The van der Waals surface area contributed by atoms with E-state index >= 15 is 0 Å². The predicted octanol–water partition coefficient (Wildman–Crippen LogP) is 5.99. The number of nitrogens with two attached hydrogens (primary N) is 1. The number of rotatable bonds is 13. The molecule has 2 amide bonds. The number of anilines is 1. The minimum atomic E-state index is -0.536. The Balaban J connectivity index is 1.36. The van der Waals surface area contributed by atoms with E-state index in [0.717, 1.165) is 11.1 Å². The number of carbonyl (C=O) groups excluding carboxylic acids is 2. The van der Waals surface area contributed by atoms with E-state index in [-0.39, 0.29) is 37.1 Å². The molecule has 0 radical (unpaired) electrons. The van der Waals surface area contributed by atoms with Gasteiger partial charge in [0.25, 0.3) is 5.91 Å². The molecule has 270 valence electrons. The third-order valence-electron chi connectivity index (χ3n) is 8.66. The van der Waals surface area contributed by atoms with E-state index in [1.54, 1.807) is 34.9 Å². The molecule has 4 aromatic rings. The lowest BCUT2D eigenvalue weighted by Gasteiger charge is -2.41. The van der Waals surface area contributed by atoms with Crippen molar-refractivity contribution in [2.45, 2.75) is 32.4 Å². The second-order valence-electron chi connectivity index (χ2n) is 12.8. The molecule has 2 aliphatic rings. The molecule has 1 fully saturated rings. The summed E-state index contributed by atoms with van der Waals surface area (Å²) in [4.78, 5) is 28.8. The van der Waals surface area contributed by atoms with E-state index in [0.29, 0.717) is 95.9 Å². The van der Waals surface area contributed by atoms with Crippen molar-refractivity contribution in [2.24, 2.45) is 5.73 Å². The Hall–Kier alpha value is -4.17. The van der Waals surface area contributed by atoms with Gasteiger partial charge in [-0.3, -0.25) is 9.59 Å². The number of methoxy groups -OCH3 is 1. The summed E-state index contributed by atoms with van der Waals surface area (Å²) in [6.07, 6.45) is 0.184. The number of halogens is 2. The number of morpholine rings is 1. The zero-order valence-electron chi connectivity index (χ0n) is 28.8. The van der Waals surface area contributed by atoms with E-state index in [9.17, 15) is 9.59 Å². The molecule has 3 N–H and O–H groups in total. The number of nitrogens with one attached hydrogen (secondary N) is 1. The molecule has 3 aromatic carbocycles. The SMILES string of the molecule is COc1cc2c(cc1-c1cccc(NC(=O)CCOCCOCCN)c1)-c1c(c(C(=O)N3CCOCC3(C)C)nn1-c1cc(Cl)cc(Cl)c1)CO2. The minimum Gasteiger partial charge on any atom is -0.496 e. The van der Waals surface area contributed by atoms with Crippen molar-refractivity contribution in [3.63, 3.8) is 0 Å². The summed E-state index contributed by atoms with van der Waals surface area (Å²) in [6, 6.07) is 16.4. The van der Waals surface area contributed by atoms with Gasteiger partial charge in [0, 0.05) is 51.6 Å². The zero-order valence-corrected chi connectivity index (χ0v) is 30.3. The van der Waals surface area contributed by atoms with Crippen molar-refractivity contribution in [2.75, 3.05) is 65.2 Å². The normalized spacial score (nSPS) is 14.7. The summed E-state index contributed by atoms with van der Waals surface area (Å²) in [6.45, 7) is 7.32. The van der Waals surface area contributed by atoms with E-state index in [4.69, 9.17) is 57.7 Å². The molecule has 0 spiro atoms. The van der Waals surface area contributed by atoms with Gasteiger partial charge in [0.2, 0.25) is 5.91 Å². The van der Waals surface area contributed by atoms with Gasteiger partial charge in [-0.15, -0.1) is 0 Å². The molecule has 0 aliphatic carbocycles. The van der Waals surface area contributed by atoms with Gasteiger partial charge < -0.3 is 39.6 Å². The molecule has 1 aromatic heterocycles. The molecular formula is C37H41Cl2N5O7. The largest absolute Gasteiger partial charge is 0.496 e. The van der Waals surface area contributed by atoms with Crippen molar-refractivity contribution >= 4 is 40.7 Å². The number of fused-ring (bicyclic) bond motifs is 3. The molecule has 12 nitrogen and oxygen atoms in total. The highest BCUT2D eigenvalue weighted by molar-refractivity contribution is 6.34. The number of aromatic nitrogens is 2. The molecule has 14 heteroatoms. The van der Waals surface area contributed by atoms with Crippen LogP contribution >= 0.6 is 23.2 Å². The van der Waals surface area contributed by atoms with Crippen LogP contribution in [0.3, 0.4) is 0 Å². The first kappa shape index (κ1) is 36.6. The van der Waals surface area contributed by atoms with Crippen molar-refractivity contribution < 1.29 is 33.3 Å². The molecule has 0 atom stereocenters. The van der Waals surface area contributed by atoms with Crippen LogP contribution in [0.2, 0.25) is 10.0 Å². The Kier molecular flexibility index (Phi) is 11.5. The maximum atomic E-state index is 14.2. The number of hydrogen-bond acceptors (Lipinski definition) is 9. The number of benzene rings is 3. The molecule has 0 unspecified atom stereocenters. The average molecular weight is 739 g/mol. The highest BCUT2D eigenvalue weighted by atomic mass is 35.5. The molecule has 1 saturated heterocycles. The van der Waals surface area contributed by atoms with E-state index in [1.807, 2.05) is 50.2 Å². The predicted molar refractivity (Wildman–Crippen MR) is 195 cm³/mol. The van der Waals surface area contributed by atoms with Crippen molar-refractivity contribution in [1.82, 2.24) is 14.7 Å². The summed E-state index contributed by atoms with van der Waals surface area (Å²) < 4.78 is 30.3. The molecular weight excluding hydrogens is 697 g/mol. The van der Waals surface area contributed by atoms with Gasteiger partial charge in [0.15, 0.2) is 5.69 Å². The second-order valence-corrected chi connectivity index (χ2v) is 13.6. The molecule has 2 aliphatic heterocycles. The van der Waals surface area contributed by atoms with Crippen LogP contribution in [0.1, 0.15) is 36.3 Å². The number of carbonyl (C=O) groups is 2. The Morgan fingerprint density at radius 3 is 2.49 bits per heavy atom. The van der Waals surface area contributed by atoms with Crippen LogP contribution in [0, 0.1) is 0 Å². The molecule has 51 heavy (non-hydrogen) atoms. The Morgan fingerprint density at radius 2 is 1.76 bits per heavy atom. The highest BCUT2D eigenvalue weighted by Crippen LogP contribution is 2.47. The van der Waals surface area contributed by atoms with Gasteiger partial charge in [-0.25, -0.2) is 4.68 Å². The van der Waals surface area contributed by atoms with Gasteiger partial charge >= 0.3 is 0 Å². The Labute approximate surface area is 306 Å². The fourth-order valence-corrected chi connectivity index (χ4v) is 6.73. The third kappa shape index (κ3) is 8.17.